The molecule has 0 radical (unpaired) electrons. The number of thiocarbonyl (C=S) groups is 1. The van der Waals surface area contributed by atoms with E-state index in [0.29, 0.717) is 11.7 Å². The second kappa shape index (κ2) is 5.10. The molecule has 1 unspecified atom stereocenters. The Morgan fingerprint density at radius 1 is 1.53 bits per heavy atom. The van der Waals surface area contributed by atoms with E-state index < -0.39 is 0 Å². The van der Waals surface area contributed by atoms with Crippen LogP contribution in [-0.4, -0.2) is 27.1 Å². The number of nitrogens with zero attached hydrogens (tertiary/aromatic N) is 3. The Morgan fingerprint density at radius 2 is 2.18 bits per heavy atom. The smallest absolute Gasteiger partial charge is 0.145 e. The van der Waals surface area contributed by atoms with Crippen LogP contribution in [0.15, 0.2) is 0 Å². The van der Waals surface area contributed by atoms with Gasteiger partial charge in [0.05, 0.1) is 17.8 Å². The third-order valence-corrected chi connectivity index (χ3v) is 3.57. The predicted octanol–water partition coefficient (Wildman–Crippen LogP) is 1.73. The number of nitrogens with two attached hydrogens (primary N) is 1. The predicted molar refractivity (Wildman–Crippen MR) is 68.8 cm³/mol. The Balaban J connectivity index is 2.40. The molecule has 94 valence electrons. The van der Waals surface area contributed by atoms with Crippen molar-refractivity contribution in [1.29, 1.82) is 0 Å². The van der Waals surface area contributed by atoms with Gasteiger partial charge in [-0.15, -0.1) is 5.10 Å². The molecule has 0 bridgehead atoms. The van der Waals surface area contributed by atoms with Gasteiger partial charge in [-0.1, -0.05) is 30.3 Å². The highest BCUT2D eigenvalue weighted by Crippen LogP contribution is 2.32. The summed E-state index contributed by atoms with van der Waals surface area (Å²) in [7, 11) is 1.67. The van der Waals surface area contributed by atoms with Crippen LogP contribution >= 0.6 is 12.2 Å². The third kappa shape index (κ3) is 2.32. The van der Waals surface area contributed by atoms with Crippen molar-refractivity contribution in [3.8, 4) is 0 Å². The quantitative estimate of drug-likeness (QED) is 0.829. The maximum absolute atomic E-state index is 5.68. The Labute approximate surface area is 106 Å². The average Bonchev–Trinajstić information content (AvgIpc) is 2.95. The molecule has 2 rings (SSSR count). The van der Waals surface area contributed by atoms with Gasteiger partial charge in [0.2, 0.25) is 0 Å². The van der Waals surface area contributed by atoms with Crippen LogP contribution in [0.1, 0.15) is 56.1 Å². The van der Waals surface area contributed by atoms with E-state index in [2.05, 4.69) is 10.3 Å². The van der Waals surface area contributed by atoms with E-state index in [1.54, 1.807) is 7.11 Å². The van der Waals surface area contributed by atoms with E-state index >= 15 is 0 Å². The van der Waals surface area contributed by atoms with Crippen molar-refractivity contribution >= 4 is 17.2 Å². The van der Waals surface area contributed by atoms with Crippen molar-refractivity contribution in [2.75, 3.05) is 7.11 Å². The Bertz CT molecular complexity index is 412. The van der Waals surface area contributed by atoms with Gasteiger partial charge in [0.15, 0.2) is 0 Å². The SMILES string of the molecule is COC(C)c1c(C(N)=S)nnn1C1CCCC1. The molecule has 1 aliphatic carbocycles. The first-order chi connectivity index (χ1) is 8.15. The molecular weight excluding hydrogens is 236 g/mol. The summed E-state index contributed by atoms with van der Waals surface area (Å²) in [6, 6.07) is 0.415. The van der Waals surface area contributed by atoms with E-state index in [1.807, 2.05) is 11.6 Å². The normalized spacial score (nSPS) is 18.5. The zero-order valence-corrected chi connectivity index (χ0v) is 11.0. The lowest BCUT2D eigenvalue weighted by Gasteiger charge is -2.17. The molecule has 1 heterocycles. The van der Waals surface area contributed by atoms with E-state index in [1.165, 1.54) is 12.8 Å². The maximum atomic E-state index is 5.68. The van der Waals surface area contributed by atoms with Crippen molar-refractivity contribution in [3.05, 3.63) is 11.4 Å². The van der Waals surface area contributed by atoms with Gasteiger partial charge in [0.1, 0.15) is 10.7 Å². The Kier molecular flexibility index (Phi) is 3.73. The van der Waals surface area contributed by atoms with Crippen molar-refractivity contribution < 1.29 is 4.74 Å². The van der Waals surface area contributed by atoms with E-state index in [0.717, 1.165) is 18.5 Å². The van der Waals surface area contributed by atoms with Crippen LogP contribution in [0.2, 0.25) is 0 Å². The molecule has 6 heteroatoms. The van der Waals surface area contributed by atoms with E-state index in [-0.39, 0.29) is 11.1 Å². The summed E-state index contributed by atoms with van der Waals surface area (Å²) >= 11 is 5.01. The molecule has 0 spiro atoms. The van der Waals surface area contributed by atoms with Crippen molar-refractivity contribution in [3.63, 3.8) is 0 Å². The second-order valence-corrected chi connectivity index (χ2v) is 4.89. The molecule has 0 aliphatic heterocycles. The van der Waals surface area contributed by atoms with Gasteiger partial charge in [-0.3, -0.25) is 0 Å². The number of ether oxygens (including phenoxy) is 1. The molecule has 1 atom stereocenters. The van der Waals surface area contributed by atoms with Crippen LogP contribution in [0.25, 0.3) is 0 Å². The molecular formula is C11H18N4OS. The zero-order chi connectivity index (χ0) is 12.4. The lowest BCUT2D eigenvalue weighted by molar-refractivity contribution is 0.109. The summed E-state index contributed by atoms with van der Waals surface area (Å²) in [5.41, 5.74) is 7.19. The minimum absolute atomic E-state index is 0.0953. The summed E-state index contributed by atoms with van der Waals surface area (Å²) in [4.78, 5) is 0.285. The summed E-state index contributed by atoms with van der Waals surface area (Å²) in [6.45, 7) is 1.96. The highest BCUT2D eigenvalue weighted by Gasteiger charge is 2.27. The zero-order valence-electron chi connectivity index (χ0n) is 10.2. The molecule has 1 saturated carbocycles. The molecule has 1 fully saturated rings. The first kappa shape index (κ1) is 12.4. The van der Waals surface area contributed by atoms with Gasteiger partial charge in [0, 0.05) is 7.11 Å². The first-order valence-electron chi connectivity index (χ1n) is 5.92. The topological polar surface area (TPSA) is 66.0 Å². The van der Waals surface area contributed by atoms with E-state index in [9.17, 15) is 0 Å². The second-order valence-electron chi connectivity index (χ2n) is 4.45. The fourth-order valence-electron chi connectivity index (χ4n) is 2.39. The van der Waals surface area contributed by atoms with Crippen molar-refractivity contribution in [1.82, 2.24) is 15.0 Å². The number of hydrogen-bond acceptors (Lipinski definition) is 4. The van der Waals surface area contributed by atoms with Crippen molar-refractivity contribution in [2.45, 2.75) is 44.8 Å². The molecule has 1 aromatic heterocycles. The van der Waals surface area contributed by atoms with Crippen LogP contribution in [0.4, 0.5) is 0 Å². The average molecular weight is 254 g/mol. The minimum atomic E-state index is -0.0953. The van der Waals surface area contributed by atoms with Crippen LogP contribution in [0.5, 0.6) is 0 Å². The fraction of sp³-hybridized carbons (Fsp3) is 0.727. The monoisotopic (exact) mass is 254 g/mol. The van der Waals surface area contributed by atoms with E-state index in [4.69, 9.17) is 22.7 Å². The van der Waals surface area contributed by atoms with Crippen LogP contribution in [0.3, 0.4) is 0 Å². The lowest BCUT2D eigenvalue weighted by Crippen LogP contribution is -2.18. The third-order valence-electron chi connectivity index (χ3n) is 3.37. The molecule has 17 heavy (non-hydrogen) atoms. The molecule has 1 aromatic rings. The molecule has 0 saturated heterocycles. The van der Waals surface area contributed by atoms with Crippen LogP contribution in [-0.2, 0) is 4.74 Å². The maximum Gasteiger partial charge on any atom is 0.145 e. The number of aromatic nitrogens is 3. The Morgan fingerprint density at radius 3 is 2.71 bits per heavy atom. The standard InChI is InChI=1S/C11H18N4OS/c1-7(16-2)10-9(11(12)17)13-14-15(10)8-5-3-4-6-8/h7-8H,3-6H2,1-2H3,(H2,12,17). The highest BCUT2D eigenvalue weighted by atomic mass is 32.1. The lowest BCUT2D eigenvalue weighted by atomic mass is 10.2. The molecule has 0 aromatic carbocycles. The molecule has 1 aliphatic rings. The van der Waals surface area contributed by atoms with Crippen molar-refractivity contribution in [2.24, 2.45) is 5.73 Å². The summed E-state index contributed by atoms with van der Waals surface area (Å²) in [5.74, 6) is 0. The number of rotatable bonds is 4. The van der Waals surface area contributed by atoms with Gasteiger partial charge < -0.3 is 10.5 Å². The molecule has 2 N–H and O–H groups in total. The van der Waals surface area contributed by atoms with Crippen LogP contribution in [0, 0.1) is 0 Å². The van der Waals surface area contributed by atoms with Gasteiger partial charge in [-0.2, -0.15) is 0 Å². The fourth-order valence-corrected chi connectivity index (χ4v) is 2.53. The van der Waals surface area contributed by atoms with Gasteiger partial charge >= 0.3 is 0 Å². The highest BCUT2D eigenvalue weighted by molar-refractivity contribution is 7.80. The number of methoxy groups -OCH3 is 1. The Hall–Kier alpha value is -1.01. The summed E-state index contributed by atoms with van der Waals surface area (Å²) in [5, 5.41) is 8.30. The van der Waals surface area contributed by atoms with Gasteiger partial charge in [0.25, 0.3) is 0 Å². The summed E-state index contributed by atoms with van der Waals surface area (Å²) < 4.78 is 7.32. The van der Waals surface area contributed by atoms with Gasteiger partial charge in [-0.05, 0) is 19.8 Å². The van der Waals surface area contributed by atoms with Crippen LogP contribution < -0.4 is 5.73 Å². The first-order valence-corrected chi connectivity index (χ1v) is 6.33. The molecule has 5 nitrogen and oxygen atoms in total. The van der Waals surface area contributed by atoms with Gasteiger partial charge in [-0.25, -0.2) is 4.68 Å². The largest absolute Gasteiger partial charge is 0.388 e. The molecule has 0 amide bonds. The summed E-state index contributed by atoms with van der Waals surface area (Å²) in [6.07, 6.45) is 4.68. The minimum Gasteiger partial charge on any atom is -0.388 e. The number of hydrogen-bond donors (Lipinski definition) is 1.